The molecule has 3 rings (SSSR count). The summed E-state index contributed by atoms with van der Waals surface area (Å²) in [6.07, 6.45) is 5.98. The largest absolute Gasteiger partial charge is 0.381 e. The molecule has 2 unspecified atom stereocenters. The Bertz CT molecular complexity index is 650. The summed E-state index contributed by atoms with van der Waals surface area (Å²) in [6, 6.07) is 4.25. The number of rotatable bonds is 7. The molecule has 2 saturated heterocycles. The lowest BCUT2D eigenvalue weighted by atomic mass is 9.96. The summed E-state index contributed by atoms with van der Waals surface area (Å²) in [4.78, 5) is 14.1. The van der Waals surface area contributed by atoms with E-state index in [1.165, 1.54) is 19.3 Å². The van der Waals surface area contributed by atoms with Gasteiger partial charge in [0, 0.05) is 52.6 Å². The summed E-state index contributed by atoms with van der Waals surface area (Å²) in [7, 11) is 2.13. The lowest BCUT2D eigenvalue weighted by Crippen LogP contribution is -2.45. The molecular formula is C23H39N5O2. The highest BCUT2D eigenvalue weighted by atomic mass is 16.5. The van der Waals surface area contributed by atoms with Gasteiger partial charge in [-0.1, -0.05) is 6.07 Å². The summed E-state index contributed by atoms with van der Waals surface area (Å²) in [5, 5.41) is 3.42. The fraction of sp³-hybridized carbons (Fsp3) is 0.739. The van der Waals surface area contributed by atoms with Gasteiger partial charge < -0.3 is 24.6 Å². The number of guanidine groups is 1. The molecule has 2 fully saturated rings. The second-order valence-electron chi connectivity index (χ2n) is 8.62. The van der Waals surface area contributed by atoms with Crippen molar-refractivity contribution in [2.75, 3.05) is 51.3 Å². The van der Waals surface area contributed by atoms with Crippen LogP contribution in [0, 0.1) is 5.92 Å². The highest BCUT2D eigenvalue weighted by Crippen LogP contribution is 2.20. The molecule has 0 aromatic carbocycles. The molecule has 168 valence electrons. The maximum Gasteiger partial charge on any atom is 0.193 e. The third-order valence-corrected chi connectivity index (χ3v) is 5.87. The molecule has 1 N–H and O–H groups in total. The van der Waals surface area contributed by atoms with E-state index in [2.05, 4.69) is 55.1 Å². The van der Waals surface area contributed by atoms with Gasteiger partial charge in [0.15, 0.2) is 5.96 Å². The van der Waals surface area contributed by atoms with Crippen molar-refractivity contribution < 1.29 is 9.47 Å². The molecule has 0 amide bonds. The summed E-state index contributed by atoms with van der Waals surface area (Å²) < 4.78 is 11.3. The Morgan fingerprint density at radius 2 is 1.97 bits per heavy atom. The van der Waals surface area contributed by atoms with Crippen molar-refractivity contribution in [1.29, 1.82) is 0 Å². The Morgan fingerprint density at radius 3 is 2.60 bits per heavy atom. The maximum absolute atomic E-state index is 5.83. The average molecular weight is 418 g/mol. The van der Waals surface area contributed by atoms with Crippen LogP contribution in [0.2, 0.25) is 0 Å². The summed E-state index contributed by atoms with van der Waals surface area (Å²) in [5.74, 6) is 2.75. The van der Waals surface area contributed by atoms with E-state index in [0.717, 1.165) is 62.7 Å². The Hall–Kier alpha value is -1.86. The first-order chi connectivity index (χ1) is 14.5. The summed E-state index contributed by atoms with van der Waals surface area (Å²) in [6.45, 7) is 12.5. The van der Waals surface area contributed by atoms with Gasteiger partial charge in [0.2, 0.25) is 0 Å². The Balaban J connectivity index is 1.54. The number of pyridine rings is 1. The maximum atomic E-state index is 5.83. The molecule has 0 spiro atoms. The lowest BCUT2D eigenvalue weighted by molar-refractivity contribution is -0.00546. The minimum atomic E-state index is 0.235. The Labute approximate surface area is 181 Å². The van der Waals surface area contributed by atoms with Crippen LogP contribution >= 0.6 is 0 Å². The molecular weight excluding hydrogens is 378 g/mol. The second kappa shape index (κ2) is 11.5. The van der Waals surface area contributed by atoms with Crippen LogP contribution in [0.3, 0.4) is 0 Å². The van der Waals surface area contributed by atoms with Crippen LogP contribution in [-0.2, 0) is 16.0 Å². The molecule has 7 heteroatoms. The molecule has 1 aromatic rings. The number of hydrogen-bond donors (Lipinski definition) is 1. The van der Waals surface area contributed by atoms with Crippen molar-refractivity contribution in [1.82, 2.24) is 15.2 Å². The quantitative estimate of drug-likeness (QED) is 0.544. The number of anilines is 1. The topological polar surface area (TPSA) is 62.2 Å². The van der Waals surface area contributed by atoms with Gasteiger partial charge in [0.25, 0.3) is 0 Å². The van der Waals surface area contributed by atoms with Crippen LogP contribution in [0.15, 0.2) is 23.3 Å². The summed E-state index contributed by atoms with van der Waals surface area (Å²) >= 11 is 0. The van der Waals surface area contributed by atoms with E-state index >= 15 is 0 Å². The third-order valence-electron chi connectivity index (χ3n) is 5.87. The number of hydrogen-bond acceptors (Lipinski definition) is 5. The van der Waals surface area contributed by atoms with Crippen molar-refractivity contribution in [3.8, 4) is 0 Å². The molecule has 2 aliphatic rings. The van der Waals surface area contributed by atoms with Gasteiger partial charge >= 0.3 is 0 Å². The van der Waals surface area contributed by atoms with Gasteiger partial charge in [0.05, 0.1) is 18.8 Å². The van der Waals surface area contributed by atoms with Gasteiger partial charge in [-0.15, -0.1) is 0 Å². The van der Waals surface area contributed by atoms with E-state index in [-0.39, 0.29) is 12.2 Å². The predicted molar refractivity (Wildman–Crippen MR) is 122 cm³/mol. The van der Waals surface area contributed by atoms with Crippen molar-refractivity contribution in [3.63, 3.8) is 0 Å². The number of morpholine rings is 1. The first-order valence-corrected chi connectivity index (χ1v) is 11.5. The van der Waals surface area contributed by atoms with Gasteiger partial charge in [-0.05, 0) is 57.6 Å². The zero-order chi connectivity index (χ0) is 21.3. The Kier molecular flexibility index (Phi) is 8.75. The van der Waals surface area contributed by atoms with Gasteiger partial charge in [-0.25, -0.2) is 9.98 Å². The number of nitrogens with zero attached hydrogens (tertiary/aromatic N) is 4. The zero-order valence-corrected chi connectivity index (χ0v) is 19.1. The van der Waals surface area contributed by atoms with Crippen molar-refractivity contribution in [3.05, 3.63) is 23.9 Å². The molecule has 2 aliphatic heterocycles. The molecule has 0 bridgehead atoms. The molecule has 0 saturated carbocycles. The number of aromatic nitrogens is 1. The van der Waals surface area contributed by atoms with Crippen LogP contribution in [-0.4, -0.2) is 74.5 Å². The molecule has 3 heterocycles. The van der Waals surface area contributed by atoms with E-state index in [9.17, 15) is 0 Å². The van der Waals surface area contributed by atoms with Crippen LogP contribution in [0.25, 0.3) is 0 Å². The summed E-state index contributed by atoms with van der Waals surface area (Å²) in [5.41, 5.74) is 1.13. The SMILES string of the molecule is CCNC(=NCc1ccc(N2CC(C)OC(C)C2)nc1)N(C)CCC1CCOCC1. The van der Waals surface area contributed by atoms with E-state index in [4.69, 9.17) is 19.5 Å². The third kappa shape index (κ3) is 6.84. The second-order valence-corrected chi connectivity index (χ2v) is 8.62. The highest BCUT2D eigenvalue weighted by Gasteiger charge is 2.23. The first kappa shape index (κ1) is 22.8. The van der Waals surface area contributed by atoms with Gasteiger partial charge in [-0.3, -0.25) is 0 Å². The number of nitrogens with one attached hydrogen (secondary N) is 1. The monoisotopic (exact) mass is 417 g/mol. The molecule has 7 nitrogen and oxygen atoms in total. The zero-order valence-electron chi connectivity index (χ0n) is 19.1. The minimum absolute atomic E-state index is 0.235. The average Bonchev–Trinajstić information content (AvgIpc) is 2.75. The smallest absolute Gasteiger partial charge is 0.193 e. The van der Waals surface area contributed by atoms with Gasteiger partial charge in [-0.2, -0.15) is 0 Å². The molecule has 0 radical (unpaired) electrons. The number of ether oxygens (including phenoxy) is 2. The molecule has 1 aromatic heterocycles. The first-order valence-electron chi connectivity index (χ1n) is 11.5. The van der Waals surface area contributed by atoms with Crippen LogP contribution in [0.5, 0.6) is 0 Å². The van der Waals surface area contributed by atoms with Crippen molar-refractivity contribution in [2.45, 2.75) is 58.8 Å². The lowest BCUT2D eigenvalue weighted by Gasteiger charge is -2.36. The fourth-order valence-electron chi connectivity index (χ4n) is 4.22. The minimum Gasteiger partial charge on any atom is -0.381 e. The molecule has 0 aliphatic carbocycles. The van der Waals surface area contributed by atoms with E-state index in [1.807, 2.05) is 6.20 Å². The van der Waals surface area contributed by atoms with Crippen molar-refractivity contribution >= 4 is 11.8 Å². The highest BCUT2D eigenvalue weighted by molar-refractivity contribution is 5.79. The van der Waals surface area contributed by atoms with Crippen molar-refractivity contribution in [2.24, 2.45) is 10.9 Å². The predicted octanol–water partition coefficient (Wildman–Crippen LogP) is 2.91. The van der Waals surface area contributed by atoms with E-state index in [1.54, 1.807) is 0 Å². The van der Waals surface area contributed by atoms with Crippen LogP contribution in [0.1, 0.15) is 45.6 Å². The Morgan fingerprint density at radius 1 is 1.23 bits per heavy atom. The van der Waals surface area contributed by atoms with E-state index < -0.39 is 0 Å². The standard InChI is InChI=1S/C23H39N5O2/c1-5-24-23(27(4)11-8-20-9-12-29-13-10-20)26-15-21-6-7-22(25-14-21)28-16-18(2)30-19(3)17-28/h6-7,14,18-20H,5,8-13,15-17H2,1-4H3,(H,24,26). The number of aliphatic imine (C=N–C) groups is 1. The fourth-order valence-corrected chi connectivity index (χ4v) is 4.22. The molecule has 2 atom stereocenters. The van der Waals surface area contributed by atoms with Gasteiger partial charge in [0.1, 0.15) is 5.82 Å². The van der Waals surface area contributed by atoms with Crippen LogP contribution < -0.4 is 10.2 Å². The molecule has 30 heavy (non-hydrogen) atoms. The normalized spacial score (nSPS) is 23.5. The van der Waals surface area contributed by atoms with E-state index in [0.29, 0.717) is 6.54 Å². The van der Waals surface area contributed by atoms with Crippen LogP contribution in [0.4, 0.5) is 5.82 Å².